The Bertz CT molecular complexity index is 541. The minimum atomic E-state index is -0.387. The van der Waals surface area contributed by atoms with Crippen molar-refractivity contribution in [1.82, 2.24) is 10.6 Å². The Morgan fingerprint density at radius 2 is 1.80 bits per heavy atom. The number of halogens is 1. The Kier molecular flexibility index (Phi) is 9.58. The van der Waals surface area contributed by atoms with Crippen LogP contribution in [0.4, 0.5) is 4.39 Å². The molecule has 140 valence electrons. The first-order valence-corrected chi connectivity index (χ1v) is 9.05. The number of hydrogen-bond donors (Lipinski definition) is 3. The second kappa shape index (κ2) is 11.4. The molecule has 1 aromatic rings. The summed E-state index contributed by atoms with van der Waals surface area (Å²) in [6.07, 6.45) is 2.65. The number of hydrogen-bond acceptors (Lipinski definition) is 2. The molecular weight excluding hydrogens is 319 g/mol. The number of rotatable bonds is 10. The Morgan fingerprint density at radius 3 is 2.32 bits per heavy atom. The summed E-state index contributed by atoms with van der Waals surface area (Å²) in [6, 6.07) is 6.14. The molecule has 0 fully saturated rings. The van der Waals surface area contributed by atoms with E-state index >= 15 is 0 Å². The van der Waals surface area contributed by atoms with Crippen molar-refractivity contribution in [3.63, 3.8) is 0 Å². The van der Waals surface area contributed by atoms with Crippen LogP contribution in [-0.2, 0) is 11.2 Å². The number of nitrogens with two attached hydrogens (primary N) is 1. The van der Waals surface area contributed by atoms with Crippen molar-refractivity contribution in [1.29, 1.82) is 0 Å². The van der Waals surface area contributed by atoms with Gasteiger partial charge in [-0.3, -0.25) is 9.79 Å². The molecule has 0 aliphatic heterocycles. The lowest BCUT2D eigenvalue weighted by Crippen LogP contribution is -2.43. The van der Waals surface area contributed by atoms with Crippen molar-refractivity contribution in [3.8, 4) is 0 Å². The summed E-state index contributed by atoms with van der Waals surface area (Å²) in [7, 11) is 0. The fourth-order valence-electron chi connectivity index (χ4n) is 2.51. The van der Waals surface area contributed by atoms with Crippen LogP contribution in [0.1, 0.15) is 39.2 Å². The Morgan fingerprint density at radius 1 is 1.16 bits per heavy atom. The van der Waals surface area contributed by atoms with E-state index in [9.17, 15) is 9.18 Å². The van der Waals surface area contributed by atoms with Crippen molar-refractivity contribution in [2.75, 3.05) is 19.6 Å². The quantitative estimate of drug-likeness (QED) is 0.448. The number of amides is 1. The van der Waals surface area contributed by atoms with Gasteiger partial charge in [-0.1, -0.05) is 38.8 Å². The molecule has 4 N–H and O–H groups in total. The van der Waals surface area contributed by atoms with Gasteiger partial charge >= 0.3 is 0 Å². The number of guanidine groups is 1. The number of primary amides is 1. The van der Waals surface area contributed by atoms with Gasteiger partial charge in [0.15, 0.2) is 5.96 Å². The molecule has 0 bridgehead atoms. The number of carbonyl (C=O) groups is 1. The number of nitrogens with zero attached hydrogens (tertiary/aromatic N) is 1. The first kappa shape index (κ1) is 20.9. The Labute approximate surface area is 150 Å². The highest BCUT2D eigenvalue weighted by atomic mass is 19.1. The van der Waals surface area contributed by atoms with Crippen LogP contribution < -0.4 is 16.4 Å². The molecule has 25 heavy (non-hydrogen) atoms. The molecular formula is C19H31FN4O. The smallest absolute Gasteiger partial charge is 0.222 e. The molecule has 6 heteroatoms. The van der Waals surface area contributed by atoms with Crippen molar-refractivity contribution >= 4 is 11.9 Å². The zero-order chi connectivity index (χ0) is 18.7. The molecule has 1 rings (SSSR count). The monoisotopic (exact) mass is 350 g/mol. The zero-order valence-corrected chi connectivity index (χ0v) is 15.5. The molecule has 1 unspecified atom stereocenters. The van der Waals surface area contributed by atoms with Crippen LogP contribution in [0.3, 0.4) is 0 Å². The van der Waals surface area contributed by atoms with E-state index in [0.717, 1.165) is 31.5 Å². The second-order valence-corrected chi connectivity index (χ2v) is 6.21. The standard InChI is InChI=1S/C19H31FN4O/c1-4-14(5-2)12-23-19(22-6-3)24-13-16(18(21)25)11-15-7-9-17(20)10-8-15/h7-10,14,16H,4-6,11-13H2,1-3H3,(H2,21,25)(H2,22,23,24). The maximum atomic E-state index is 13.0. The van der Waals surface area contributed by atoms with E-state index in [1.807, 2.05) is 6.92 Å². The summed E-state index contributed by atoms with van der Waals surface area (Å²) < 4.78 is 13.0. The Balaban J connectivity index is 2.67. The van der Waals surface area contributed by atoms with Crippen LogP contribution in [-0.4, -0.2) is 31.5 Å². The summed E-state index contributed by atoms with van der Waals surface area (Å²) in [5.41, 5.74) is 6.41. The van der Waals surface area contributed by atoms with Gasteiger partial charge in [-0.2, -0.15) is 0 Å². The topological polar surface area (TPSA) is 79.5 Å². The number of nitrogens with one attached hydrogen (secondary N) is 2. The van der Waals surface area contributed by atoms with Gasteiger partial charge in [0.1, 0.15) is 5.82 Å². The fourth-order valence-corrected chi connectivity index (χ4v) is 2.51. The molecule has 1 aromatic carbocycles. The zero-order valence-electron chi connectivity index (χ0n) is 15.5. The third-order valence-corrected chi connectivity index (χ3v) is 4.32. The molecule has 1 amide bonds. The molecule has 1 atom stereocenters. The molecule has 0 saturated heterocycles. The molecule has 5 nitrogen and oxygen atoms in total. The molecule has 0 aliphatic carbocycles. The maximum absolute atomic E-state index is 13.0. The summed E-state index contributed by atoms with van der Waals surface area (Å²) >= 11 is 0. The van der Waals surface area contributed by atoms with E-state index in [1.54, 1.807) is 12.1 Å². The summed E-state index contributed by atoms with van der Waals surface area (Å²) in [6.45, 7) is 8.21. The largest absolute Gasteiger partial charge is 0.369 e. The van der Waals surface area contributed by atoms with Crippen LogP contribution in [0.15, 0.2) is 29.3 Å². The van der Waals surface area contributed by atoms with Crippen molar-refractivity contribution < 1.29 is 9.18 Å². The van der Waals surface area contributed by atoms with Crippen LogP contribution >= 0.6 is 0 Å². The van der Waals surface area contributed by atoms with Crippen molar-refractivity contribution in [3.05, 3.63) is 35.6 Å². The van der Waals surface area contributed by atoms with E-state index in [2.05, 4.69) is 29.5 Å². The Hall–Kier alpha value is -2.11. The van der Waals surface area contributed by atoms with E-state index < -0.39 is 0 Å². The van der Waals surface area contributed by atoms with Crippen LogP contribution in [0.2, 0.25) is 0 Å². The predicted molar refractivity (Wildman–Crippen MR) is 101 cm³/mol. The summed E-state index contributed by atoms with van der Waals surface area (Å²) in [4.78, 5) is 16.3. The van der Waals surface area contributed by atoms with E-state index in [4.69, 9.17) is 5.73 Å². The van der Waals surface area contributed by atoms with Crippen LogP contribution in [0, 0.1) is 17.7 Å². The van der Waals surface area contributed by atoms with E-state index in [-0.39, 0.29) is 17.6 Å². The third kappa shape index (κ3) is 8.01. The maximum Gasteiger partial charge on any atom is 0.222 e. The van der Waals surface area contributed by atoms with E-state index in [0.29, 0.717) is 24.8 Å². The van der Waals surface area contributed by atoms with Gasteiger partial charge in [-0.05, 0) is 37.0 Å². The molecule has 0 heterocycles. The molecule has 0 radical (unpaired) electrons. The van der Waals surface area contributed by atoms with Gasteiger partial charge in [0.05, 0.1) is 5.92 Å². The van der Waals surface area contributed by atoms with Crippen LogP contribution in [0.25, 0.3) is 0 Å². The first-order chi connectivity index (χ1) is 12.0. The van der Waals surface area contributed by atoms with Gasteiger partial charge in [0.2, 0.25) is 5.91 Å². The highest BCUT2D eigenvalue weighted by molar-refractivity contribution is 5.81. The normalized spacial score (nSPS) is 12.9. The minimum absolute atomic E-state index is 0.291. The number of aliphatic imine (C=N–C) groups is 1. The average molecular weight is 350 g/mol. The number of carbonyl (C=O) groups excluding carboxylic acids is 1. The average Bonchev–Trinajstić information content (AvgIpc) is 2.60. The van der Waals surface area contributed by atoms with Crippen molar-refractivity contribution in [2.45, 2.75) is 40.0 Å². The molecule has 0 spiro atoms. The highest BCUT2D eigenvalue weighted by Gasteiger charge is 2.17. The fraction of sp³-hybridized carbons (Fsp3) is 0.579. The molecule has 0 saturated carbocycles. The molecule has 0 aliphatic rings. The lowest BCUT2D eigenvalue weighted by molar-refractivity contribution is -0.121. The van der Waals surface area contributed by atoms with Gasteiger partial charge in [-0.15, -0.1) is 0 Å². The van der Waals surface area contributed by atoms with Gasteiger partial charge in [0.25, 0.3) is 0 Å². The highest BCUT2D eigenvalue weighted by Crippen LogP contribution is 2.10. The summed E-state index contributed by atoms with van der Waals surface area (Å²) in [5, 5.41) is 6.39. The second-order valence-electron chi connectivity index (χ2n) is 6.21. The van der Waals surface area contributed by atoms with Gasteiger partial charge in [-0.25, -0.2) is 4.39 Å². The lowest BCUT2D eigenvalue weighted by Gasteiger charge is -2.18. The van der Waals surface area contributed by atoms with Gasteiger partial charge in [0, 0.05) is 19.6 Å². The van der Waals surface area contributed by atoms with Gasteiger partial charge < -0.3 is 16.4 Å². The first-order valence-electron chi connectivity index (χ1n) is 9.05. The summed E-state index contributed by atoms with van der Waals surface area (Å²) in [5.74, 6) is 0.192. The SMILES string of the molecule is CCNC(=NCC(CC)CC)NCC(Cc1ccc(F)cc1)C(N)=O. The molecule has 0 aromatic heterocycles. The number of benzene rings is 1. The van der Waals surface area contributed by atoms with Crippen molar-refractivity contribution in [2.24, 2.45) is 22.6 Å². The van der Waals surface area contributed by atoms with Crippen LogP contribution in [0.5, 0.6) is 0 Å². The minimum Gasteiger partial charge on any atom is -0.369 e. The lowest BCUT2D eigenvalue weighted by atomic mass is 9.98. The van der Waals surface area contributed by atoms with E-state index in [1.165, 1.54) is 12.1 Å². The third-order valence-electron chi connectivity index (χ3n) is 4.32. The predicted octanol–water partition coefficient (Wildman–Crippen LogP) is 2.46.